The third kappa shape index (κ3) is 4.93. The number of alkyl halides is 3. The Balaban J connectivity index is 1.79. The third-order valence-corrected chi connectivity index (χ3v) is 5.05. The lowest BCUT2D eigenvalue weighted by Crippen LogP contribution is -2.45. The molecule has 3 nitrogen and oxygen atoms in total. The summed E-state index contributed by atoms with van der Waals surface area (Å²) in [5.74, 6) is -0.662. The zero-order chi connectivity index (χ0) is 21.4. The van der Waals surface area contributed by atoms with Crippen molar-refractivity contribution in [1.29, 1.82) is 0 Å². The monoisotopic (exact) mass is 411 g/mol. The summed E-state index contributed by atoms with van der Waals surface area (Å²) in [6, 6.07) is 6.25. The van der Waals surface area contributed by atoms with Gasteiger partial charge in [0.15, 0.2) is 0 Å². The third-order valence-electron chi connectivity index (χ3n) is 5.05. The SMILES string of the molecule is Cc1ccc(F)cc1C(C)(C)CC(NCc1nc2ccc(F)cc2[nH]1)C(F)(F)F. The van der Waals surface area contributed by atoms with Gasteiger partial charge in [-0.3, -0.25) is 5.32 Å². The van der Waals surface area contributed by atoms with Crippen LogP contribution in [0.25, 0.3) is 11.0 Å². The lowest BCUT2D eigenvalue weighted by molar-refractivity contribution is -0.160. The minimum absolute atomic E-state index is 0.168. The summed E-state index contributed by atoms with van der Waals surface area (Å²) in [4.78, 5) is 7.01. The van der Waals surface area contributed by atoms with Gasteiger partial charge in [-0.25, -0.2) is 13.8 Å². The molecule has 1 unspecified atom stereocenters. The van der Waals surface area contributed by atoms with E-state index in [9.17, 15) is 22.0 Å². The van der Waals surface area contributed by atoms with Crippen LogP contribution in [0.2, 0.25) is 0 Å². The molecule has 3 rings (SSSR count). The van der Waals surface area contributed by atoms with Gasteiger partial charge in [0.1, 0.15) is 23.5 Å². The van der Waals surface area contributed by atoms with Crippen molar-refractivity contribution in [3.05, 3.63) is 65.0 Å². The highest BCUT2D eigenvalue weighted by atomic mass is 19.4. The molecule has 0 amide bonds. The Morgan fingerprint density at radius 3 is 2.38 bits per heavy atom. The Bertz CT molecular complexity index is 1010. The molecular formula is C21H22F5N3. The van der Waals surface area contributed by atoms with Gasteiger partial charge in [0.05, 0.1) is 17.6 Å². The Morgan fingerprint density at radius 1 is 1.03 bits per heavy atom. The second-order valence-electron chi connectivity index (χ2n) is 7.87. The van der Waals surface area contributed by atoms with Crippen molar-refractivity contribution in [3.8, 4) is 0 Å². The number of imidazole rings is 1. The lowest BCUT2D eigenvalue weighted by Gasteiger charge is -2.33. The highest BCUT2D eigenvalue weighted by molar-refractivity contribution is 5.74. The number of benzene rings is 2. The van der Waals surface area contributed by atoms with Crippen LogP contribution in [0, 0.1) is 18.6 Å². The van der Waals surface area contributed by atoms with Gasteiger partial charge in [0, 0.05) is 0 Å². The maximum Gasteiger partial charge on any atom is 0.403 e. The predicted molar refractivity (Wildman–Crippen MR) is 102 cm³/mol. The molecule has 1 aromatic heterocycles. The lowest BCUT2D eigenvalue weighted by atomic mass is 9.77. The van der Waals surface area contributed by atoms with Crippen LogP contribution in [0.5, 0.6) is 0 Å². The number of H-pyrrole nitrogens is 1. The van der Waals surface area contributed by atoms with E-state index in [2.05, 4.69) is 15.3 Å². The van der Waals surface area contributed by atoms with Crippen LogP contribution in [0.1, 0.15) is 37.2 Å². The van der Waals surface area contributed by atoms with Crippen molar-refractivity contribution in [2.75, 3.05) is 0 Å². The van der Waals surface area contributed by atoms with E-state index in [0.717, 1.165) is 5.56 Å². The summed E-state index contributed by atoms with van der Waals surface area (Å²) in [5, 5.41) is 2.51. The minimum atomic E-state index is -4.50. The van der Waals surface area contributed by atoms with Crippen LogP contribution >= 0.6 is 0 Å². The second-order valence-corrected chi connectivity index (χ2v) is 7.87. The van der Waals surface area contributed by atoms with Gasteiger partial charge < -0.3 is 4.98 Å². The Kier molecular flexibility index (Phi) is 5.67. The maximum absolute atomic E-state index is 13.7. The molecule has 0 fully saturated rings. The Hall–Kier alpha value is -2.48. The van der Waals surface area contributed by atoms with E-state index in [4.69, 9.17) is 0 Å². The van der Waals surface area contributed by atoms with Gasteiger partial charge in [-0.1, -0.05) is 19.9 Å². The van der Waals surface area contributed by atoms with Crippen molar-refractivity contribution in [1.82, 2.24) is 15.3 Å². The van der Waals surface area contributed by atoms with Crippen LogP contribution in [-0.4, -0.2) is 22.2 Å². The molecule has 8 heteroatoms. The molecule has 0 saturated carbocycles. The summed E-state index contributed by atoms with van der Waals surface area (Å²) in [6.45, 7) is 4.91. The van der Waals surface area contributed by atoms with E-state index < -0.39 is 29.3 Å². The smallest absolute Gasteiger partial charge is 0.341 e. The molecule has 0 spiro atoms. The van der Waals surface area contributed by atoms with E-state index in [1.165, 1.54) is 30.3 Å². The van der Waals surface area contributed by atoms with E-state index in [1.54, 1.807) is 26.8 Å². The van der Waals surface area contributed by atoms with Crippen molar-refractivity contribution in [2.24, 2.45) is 0 Å². The van der Waals surface area contributed by atoms with Crippen LogP contribution in [0.4, 0.5) is 22.0 Å². The molecule has 0 aliphatic carbocycles. The summed E-state index contributed by atoms with van der Waals surface area (Å²) in [7, 11) is 0. The van der Waals surface area contributed by atoms with Gasteiger partial charge in [-0.2, -0.15) is 13.2 Å². The van der Waals surface area contributed by atoms with Crippen LogP contribution in [0.3, 0.4) is 0 Å². The summed E-state index contributed by atoms with van der Waals surface area (Å²) >= 11 is 0. The van der Waals surface area contributed by atoms with Gasteiger partial charge in [0.2, 0.25) is 0 Å². The molecule has 0 radical (unpaired) electrons. The number of hydrogen-bond donors (Lipinski definition) is 2. The molecule has 2 aromatic carbocycles. The molecule has 29 heavy (non-hydrogen) atoms. The van der Waals surface area contributed by atoms with E-state index in [0.29, 0.717) is 16.6 Å². The summed E-state index contributed by atoms with van der Waals surface area (Å²) in [5.41, 5.74) is 1.24. The van der Waals surface area contributed by atoms with Crippen molar-refractivity contribution in [3.63, 3.8) is 0 Å². The average Bonchev–Trinajstić information content (AvgIpc) is 3.01. The van der Waals surface area contributed by atoms with Crippen LogP contribution in [0.15, 0.2) is 36.4 Å². The summed E-state index contributed by atoms with van der Waals surface area (Å²) in [6.07, 6.45) is -4.79. The normalized spacial score (nSPS) is 13.8. The first-order valence-electron chi connectivity index (χ1n) is 9.16. The number of nitrogens with zero attached hydrogens (tertiary/aromatic N) is 1. The number of rotatable bonds is 6. The van der Waals surface area contributed by atoms with E-state index in [1.807, 2.05) is 0 Å². The standard InChI is InChI=1S/C21H22F5N3/c1-12-4-5-13(22)8-15(12)20(2,3)10-18(21(24,25)26)27-11-19-28-16-7-6-14(23)9-17(16)29-19/h4-9,18,27H,10-11H2,1-3H3,(H,28,29). The van der Waals surface area contributed by atoms with Crippen molar-refractivity contribution >= 4 is 11.0 Å². The number of hydrogen-bond acceptors (Lipinski definition) is 2. The topological polar surface area (TPSA) is 40.7 Å². The number of fused-ring (bicyclic) bond motifs is 1. The van der Waals surface area contributed by atoms with E-state index in [-0.39, 0.29) is 18.8 Å². The van der Waals surface area contributed by atoms with Crippen LogP contribution in [-0.2, 0) is 12.0 Å². The number of halogens is 5. The zero-order valence-corrected chi connectivity index (χ0v) is 16.3. The fourth-order valence-corrected chi connectivity index (χ4v) is 3.59. The molecule has 1 atom stereocenters. The second kappa shape index (κ2) is 7.74. The zero-order valence-electron chi connectivity index (χ0n) is 16.3. The Labute approximate surface area is 165 Å². The molecule has 3 aromatic rings. The summed E-state index contributed by atoms with van der Waals surface area (Å²) < 4.78 is 68.0. The van der Waals surface area contributed by atoms with Gasteiger partial charge in [-0.05, 0) is 60.2 Å². The molecule has 0 aliphatic heterocycles. The molecule has 0 saturated heterocycles. The number of nitrogens with one attached hydrogen (secondary N) is 2. The molecular weight excluding hydrogens is 389 g/mol. The molecule has 1 heterocycles. The van der Waals surface area contributed by atoms with Gasteiger partial charge in [-0.15, -0.1) is 0 Å². The predicted octanol–water partition coefficient (Wildman–Crippen LogP) is 5.54. The molecule has 0 aliphatic rings. The van der Waals surface area contributed by atoms with Gasteiger partial charge in [0.25, 0.3) is 0 Å². The number of aromatic amines is 1. The highest BCUT2D eigenvalue weighted by Gasteiger charge is 2.43. The molecule has 0 bridgehead atoms. The first-order valence-corrected chi connectivity index (χ1v) is 9.16. The van der Waals surface area contributed by atoms with Crippen molar-refractivity contribution < 1.29 is 22.0 Å². The highest BCUT2D eigenvalue weighted by Crippen LogP contribution is 2.36. The quantitative estimate of drug-likeness (QED) is 0.523. The number of aryl methyl sites for hydroxylation is 1. The molecule has 2 N–H and O–H groups in total. The number of aromatic nitrogens is 2. The van der Waals surface area contributed by atoms with Crippen molar-refractivity contribution in [2.45, 2.75) is 51.4 Å². The van der Waals surface area contributed by atoms with Gasteiger partial charge >= 0.3 is 6.18 Å². The van der Waals surface area contributed by atoms with E-state index >= 15 is 0 Å². The Morgan fingerprint density at radius 2 is 1.69 bits per heavy atom. The molecule has 156 valence electrons. The fraction of sp³-hybridized carbons (Fsp3) is 0.381. The average molecular weight is 411 g/mol. The maximum atomic E-state index is 13.7. The largest absolute Gasteiger partial charge is 0.403 e. The van der Waals surface area contributed by atoms with Crippen LogP contribution < -0.4 is 5.32 Å². The fourth-order valence-electron chi connectivity index (χ4n) is 3.59. The minimum Gasteiger partial charge on any atom is -0.341 e. The first-order chi connectivity index (χ1) is 13.5. The first kappa shape index (κ1) is 21.2.